The Balaban J connectivity index is 1.82. The normalized spacial score (nSPS) is 11.9. The van der Waals surface area contributed by atoms with Gasteiger partial charge in [-0.25, -0.2) is 4.98 Å². The molecule has 3 rings (SSSR count). The second kappa shape index (κ2) is 8.82. The number of para-hydroxylation sites is 1. The molecule has 3 aromatic rings. The molecule has 0 fully saturated rings. The van der Waals surface area contributed by atoms with Crippen LogP contribution in [0.15, 0.2) is 48.5 Å². The monoisotopic (exact) mass is 381 g/mol. The number of hydrogen-bond acceptors (Lipinski definition) is 4. The number of aliphatic carboxylic acids is 1. The average molecular weight is 381 g/mol. The third kappa shape index (κ3) is 5.41. The Morgan fingerprint density at radius 1 is 1.19 bits per heavy atom. The first-order chi connectivity index (χ1) is 13.0. The Morgan fingerprint density at radius 3 is 2.59 bits per heavy atom. The summed E-state index contributed by atoms with van der Waals surface area (Å²) in [6.07, 6.45) is 2.85. The van der Waals surface area contributed by atoms with Gasteiger partial charge in [0.2, 0.25) is 0 Å². The highest BCUT2D eigenvalue weighted by Gasteiger charge is 2.12. The van der Waals surface area contributed by atoms with E-state index in [1.165, 1.54) is 11.3 Å². The van der Waals surface area contributed by atoms with Crippen molar-refractivity contribution < 1.29 is 14.6 Å². The lowest BCUT2D eigenvalue weighted by atomic mass is 10.1. The van der Waals surface area contributed by atoms with Crippen molar-refractivity contribution in [2.75, 3.05) is 6.61 Å². The van der Waals surface area contributed by atoms with Crippen molar-refractivity contribution in [2.24, 2.45) is 5.92 Å². The first-order valence-electron chi connectivity index (χ1n) is 9.02. The van der Waals surface area contributed by atoms with E-state index in [-0.39, 0.29) is 6.42 Å². The number of carboxylic acids is 1. The number of hydrogen-bond donors (Lipinski definition) is 1. The van der Waals surface area contributed by atoms with Gasteiger partial charge in [-0.2, -0.15) is 0 Å². The van der Waals surface area contributed by atoms with Crippen LogP contribution in [0, 0.1) is 5.92 Å². The van der Waals surface area contributed by atoms with Crippen molar-refractivity contribution >= 4 is 39.2 Å². The van der Waals surface area contributed by atoms with Crippen LogP contribution >= 0.6 is 11.3 Å². The molecule has 27 heavy (non-hydrogen) atoms. The highest BCUT2D eigenvalue weighted by Crippen LogP contribution is 2.30. The predicted molar refractivity (Wildman–Crippen MR) is 111 cm³/mol. The molecular formula is C22H23NO3S. The maximum atomic E-state index is 11.3. The Kier molecular flexibility index (Phi) is 6.24. The molecule has 0 atom stereocenters. The number of carbonyl (C=O) groups is 1. The number of thiazole rings is 1. The Bertz CT molecular complexity index is 909. The summed E-state index contributed by atoms with van der Waals surface area (Å²) in [5.74, 6) is 0.571. The fourth-order valence-corrected chi connectivity index (χ4v) is 3.61. The number of aromatic nitrogens is 1. The molecule has 0 saturated heterocycles. The van der Waals surface area contributed by atoms with Gasteiger partial charge in [-0.1, -0.05) is 38.1 Å². The van der Waals surface area contributed by atoms with E-state index < -0.39 is 5.97 Å². The van der Waals surface area contributed by atoms with Gasteiger partial charge in [-0.05, 0) is 53.8 Å². The van der Waals surface area contributed by atoms with Gasteiger partial charge >= 0.3 is 5.97 Å². The zero-order chi connectivity index (χ0) is 19.2. The molecule has 0 saturated carbocycles. The number of ether oxygens (including phenoxy) is 1. The lowest BCUT2D eigenvalue weighted by molar-refractivity contribution is -0.135. The predicted octanol–water partition coefficient (Wildman–Crippen LogP) is 5.74. The summed E-state index contributed by atoms with van der Waals surface area (Å²) in [4.78, 5) is 15.9. The fraction of sp³-hybridized carbons (Fsp3) is 0.273. The highest BCUT2D eigenvalue weighted by atomic mass is 32.1. The summed E-state index contributed by atoms with van der Waals surface area (Å²) < 4.78 is 6.79. The molecule has 5 heteroatoms. The van der Waals surface area contributed by atoms with E-state index in [9.17, 15) is 9.90 Å². The molecule has 1 heterocycles. The fourth-order valence-electron chi connectivity index (χ4n) is 2.63. The molecule has 2 aromatic carbocycles. The van der Waals surface area contributed by atoms with Crippen LogP contribution in [0.25, 0.3) is 21.9 Å². The molecular weight excluding hydrogens is 358 g/mol. The number of rotatable bonds is 8. The van der Waals surface area contributed by atoms with Gasteiger partial charge < -0.3 is 9.84 Å². The molecule has 0 spiro atoms. The zero-order valence-electron chi connectivity index (χ0n) is 15.5. The third-order valence-electron chi connectivity index (χ3n) is 4.10. The number of benzene rings is 2. The van der Waals surface area contributed by atoms with Gasteiger partial charge in [-0.15, -0.1) is 11.3 Å². The van der Waals surface area contributed by atoms with E-state index in [1.807, 2.05) is 54.6 Å². The lowest BCUT2D eigenvalue weighted by Crippen LogP contribution is -2.01. The number of nitrogens with zero attached hydrogens (tertiary/aromatic N) is 1. The standard InChI is InChI=1S/C22H23NO3S/c1-15(2)11-12-26-18-9-7-16(8-10-18)13-17(14-21(24)25)22-23-19-5-3-4-6-20(19)27-22/h3-10,13,15H,11-12,14H2,1-2H3,(H,24,25). The van der Waals surface area contributed by atoms with E-state index in [2.05, 4.69) is 18.8 Å². The average Bonchev–Trinajstić information content (AvgIpc) is 3.06. The minimum absolute atomic E-state index is 0.0630. The summed E-state index contributed by atoms with van der Waals surface area (Å²) in [6.45, 7) is 5.04. The van der Waals surface area contributed by atoms with Gasteiger partial charge in [-0.3, -0.25) is 4.79 Å². The minimum Gasteiger partial charge on any atom is -0.494 e. The van der Waals surface area contributed by atoms with Crippen LogP contribution < -0.4 is 4.74 Å². The molecule has 0 unspecified atom stereocenters. The summed E-state index contributed by atoms with van der Waals surface area (Å²) in [5.41, 5.74) is 2.53. The van der Waals surface area contributed by atoms with Crippen LogP contribution in [0.5, 0.6) is 5.75 Å². The summed E-state index contributed by atoms with van der Waals surface area (Å²) in [5, 5.41) is 10.0. The van der Waals surface area contributed by atoms with E-state index >= 15 is 0 Å². The van der Waals surface area contributed by atoms with Crippen LogP contribution in [-0.4, -0.2) is 22.7 Å². The molecule has 4 nitrogen and oxygen atoms in total. The molecule has 0 radical (unpaired) electrons. The van der Waals surface area contributed by atoms with Crippen molar-refractivity contribution in [1.29, 1.82) is 0 Å². The minimum atomic E-state index is -0.867. The van der Waals surface area contributed by atoms with E-state index in [1.54, 1.807) is 0 Å². The first-order valence-corrected chi connectivity index (χ1v) is 9.84. The van der Waals surface area contributed by atoms with Crippen LogP contribution in [0.1, 0.15) is 37.3 Å². The number of fused-ring (bicyclic) bond motifs is 1. The Hall–Kier alpha value is -2.66. The quantitative estimate of drug-likeness (QED) is 0.541. The second-order valence-corrected chi connectivity index (χ2v) is 7.86. The summed E-state index contributed by atoms with van der Waals surface area (Å²) in [7, 11) is 0. The van der Waals surface area contributed by atoms with Crippen LogP contribution in [-0.2, 0) is 4.79 Å². The zero-order valence-corrected chi connectivity index (χ0v) is 16.3. The maximum Gasteiger partial charge on any atom is 0.307 e. The van der Waals surface area contributed by atoms with Crippen molar-refractivity contribution in [3.63, 3.8) is 0 Å². The summed E-state index contributed by atoms with van der Waals surface area (Å²) in [6, 6.07) is 15.6. The van der Waals surface area contributed by atoms with Gasteiger partial charge in [0.25, 0.3) is 0 Å². The lowest BCUT2D eigenvalue weighted by Gasteiger charge is -2.08. The van der Waals surface area contributed by atoms with E-state index in [4.69, 9.17) is 4.74 Å². The molecule has 0 aliphatic rings. The SMILES string of the molecule is CC(C)CCOc1ccc(C=C(CC(=O)O)c2nc3ccccc3s2)cc1. The highest BCUT2D eigenvalue weighted by molar-refractivity contribution is 7.19. The van der Waals surface area contributed by atoms with Crippen molar-refractivity contribution in [3.05, 3.63) is 59.1 Å². The molecule has 0 aliphatic heterocycles. The topological polar surface area (TPSA) is 59.4 Å². The molecule has 0 amide bonds. The second-order valence-electron chi connectivity index (χ2n) is 6.83. The van der Waals surface area contributed by atoms with Crippen molar-refractivity contribution in [1.82, 2.24) is 4.98 Å². The smallest absolute Gasteiger partial charge is 0.307 e. The van der Waals surface area contributed by atoms with Crippen molar-refractivity contribution in [3.8, 4) is 5.75 Å². The Morgan fingerprint density at radius 2 is 1.93 bits per heavy atom. The summed E-state index contributed by atoms with van der Waals surface area (Å²) >= 11 is 1.52. The maximum absolute atomic E-state index is 11.3. The van der Waals surface area contributed by atoms with E-state index in [0.717, 1.165) is 33.0 Å². The largest absolute Gasteiger partial charge is 0.494 e. The number of carboxylic acid groups (broad SMARTS) is 1. The van der Waals surface area contributed by atoms with E-state index in [0.29, 0.717) is 18.1 Å². The molecule has 1 N–H and O–H groups in total. The molecule has 1 aromatic heterocycles. The van der Waals surface area contributed by atoms with Gasteiger partial charge in [0.05, 0.1) is 23.2 Å². The first kappa shape index (κ1) is 19.1. The van der Waals surface area contributed by atoms with Crippen LogP contribution in [0.4, 0.5) is 0 Å². The Labute approximate surface area is 163 Å². The molecule has 0 aliphatic carbocycles. The molecule has 140 valence electrons. The third-order valence-corrected chi connectivity index (χ3v) is 5.21. The van der Waals surface area contributed by atoms with Crippen LogP contribution in [0.2, 0.25) is 0 Å². The molecule has 0 bridgehead atoms. The van der Waals surface area contributed by atoms with Gasteiger partial charge in [0, 0.05) is 0 Å². The van der Waals surface area contributed by atoms with Gasteiger partial charge in [0.15, 0.2) is 0 Å². The van der Waals surface area contributed by atoms with Crippen molar-refractivity contribution in [2.45, 2.75) is 26.7 Å². The van der Waals surface area contributed by atoms with Crippen LogP contribution in [0.3, 0.4) is 0 Å². The van der Waals surface area contributed by atoms with Gasteiger partial charge in [0.1, 0.15) is 10.8 Å².